The minimum Gasteiger partial charge on any atom is -0.426 e. The Balaban J connectivity index is 2.30. The van der Waals surface area contributed by atoms with E-state index in [1.54, 1.807) is 0 Å². The Bertz CT molecular complexity index is 172. The molecule has 0 spiro atoms. The van der Waals surface area contributed by atoms with E-state index in [0.29, 0.717) is 13.1 Å². The van der Waals surface area contributed by atoms with Gasteiger partial charge >= 0.3 is 7.12 Å². The van der Waals surface area contributed by atoms with Crippen LogP contribution in [0.25, 0.3) is 0 Å². The molecule has 6 heteroatoms. The number of nitrogens with zero attached hydrogens (tertiary/aromatic N) is 1. The second kappa shape index (κ2) is 8.03. The summed E-state index contributed by atoms with van der Waals surface area (Å²) in [5, 5.41) is 28.9. The standard InChI is InChI=1S/C10H22BNO4/c13-8-6-12(7-9-14)16-11(15)10-4-2-1-3-5-10/h10,13-15H,1-9H2. The third-order valence-corrected chi connectivity index (χ3v) is 3.01. The first-order chi connectivity index (χ1) is 7.77. The van der Waals surface area contributed by atoms with Crippen LogP contribution < -0.4 is 0 Å². The van der Waals surface area contributed by atoms with Crippen LogP contribution in [-0.2, 0) is 4.76 Å². The first kappa shape index (κ1) is 13.9. The Morgan fingerprint density at radius 1 is 1.06 bits per heavy atom. The van der Waals surface area contributed by atoms with E-state index >= 15 is 0 Å². The van der Waals surface area contributed by atoms with Crippen molar-refractivity contribution in [3.63, 3.8) is 0 Å². The SMILES string of the molecule is OCCN(CCO)OB(O)C1CCCCC1. The van der Waals surface area contributed by atoms with Gasteiger partial charge in [-0.1, -0.05) is 32.1 Å². The summed E-state index contributed by atoms with van der Waals surface area (Å²) in [6.45, 7) is 0.531. The van der Waals surface area contributed by atoms with Crippen LogP contribution in [0.4, 0.5) is 0 Å². The molecule has 1 fully saturated rings. The van der Waals surface area contributed by atoms with Gasteiger partial charge in [0.05, 0.1) is 13.2 Å². The Morgan fingerprint density at radius 3 is 2.12 bits per heavy atom. The van der Waals surface area contributed by atoms with Crippen LogP contribution in [0, 0.1) is 0 Å². The molecule has 1 saturated carbocycles. The lowest BCUT2D eigenvalue weighted by Gasteiger charge is -2.28. The van der Waals surface area contributed by atoms with Crippen molar-refractivity contribution in [2.75, 3.05) is 26.3 Å². The van der Waals surface area contributed by atoms with Crippen molar-refractivity contribution in [1.82, 2.24) is 5.06 Å². The Hall–Kier alpha value is -0.135. The molecule has 0 amide bonds. The summed E-state index contributed by atoms with van der Waals surface area (Å²) in [4.78, 5) is 0. The zero-order chi connectivity index (χ0) is 11.8. The van der Waals surface area contributed by atoms with E-state index in [4.69, 9.17) is 15.0 Å². The molecule has 0 radical (unpaired) electrons. The smallest absolute Gasteiger partial charge is 0.426 e. The second-order valence-electron chi connectivity index (χ2n) is 4.27. The van der Waals surface area contributed by atoms with E-state index in [2.05, 4.69) is 0 Å². The van der Waals surface area contributed by atoms with Crippen LogP contribution in [0.3, 0.4) is 0 Å². The number of aliphatic hydroxyl groups excluding tert-OH is 2. The monoisotopic (exact) mass is 231 g/mol. The van der Waals surface area contributed by atoms with E-state index in [-0.39, 0.29) is 19.0 Å². The molecule has 1 aliphatic rings. The van der Waals surface area contributed by atoms with Crippen molar-refractivity contribution in [1.29, 1.82) is 0 Å². The van der Waals surface area contributed by atoms with Crippen molar-refractivity contribution in [3.05, 3.63) is 0 Å². The van der Waals surface area contributed by atoms with E-state index in [1.807, 2.05) is 0 Å². The molecule has 16 heavy (non-hydrogen) atoms. The molecule has 0 aromatic carbocycles. The van der Waals surface area contributed by atoms with Gasteiger partial charge in [-0.2, -0.15) is 5.06 Å². The summed E-state index contributed by atoms with van der Waals surface area (Å²) in [6.07, 6.45) is 5.51. The van der Waals surface area contributed by atoms with Crippen LogP contribution in [0.15, 0.2) is 0 Å². The molecule has 1 rings (SSSR count). The van der Waals surface area contributed by atoms with Gasteiger partial charge in [0, 0.05) is 13.1 Å². The minimum absolute atomic E-state index is 0.0443. The lowest BCUT2D eigenvalue weighted by atomic mass is 9.65. The summed E-state index contributed by atoms with van der Waals surface area (Å²) >= 11 is 0. The number of aliphatic hydroxyl groups is 2. The topological polar surface area (TPSA) is 73.2 Å². The van der Waals surface area contributed by atoms with Gasteiger partial charge in [-0.25, -0.2) is 0 Å². The zero-order valence-corrected chi connectivity index (χ0v) is 9.72. The van der Waals surface area contributed by atoms with Crippen molar-refractivity contribution in [2.24, 2.45) is 0 Å². The first-order valence-electron chi connectivity index (χ1n) is 6.09. The largest absolute Gasteiger partial charge is 0.475 e. The van der Waals surface area contributed by atoms with Crippen LogP contribution in [0.2, 0.25) is 5.82 Å². The summed E-state index contributed by atoms with van der Waals surface area (Å²) < 4.78 is 5.34. The van der Waals surface area contributed by atoms with Gasteiger partial charge in [-0.15, -0.1) is 0 Å². The van der Waals surface area contributed by atoms with E-state index in [0.717, 1.165) is 25.7 Å². The molecule has 0 aliphatic heterocycles. The molecule has 1 aliphatic carbocycles. The average Bonchev–Trinajstić information content (AvgIpc) is 2.31. The Labute approximate surface area is 97.1 Å². The van der Waals surface area contributed by atoms with Gasteiger partial charge in [0.25, 0.3) is 0 Å². The van der Waals surface area contributed by atoms with E-state index in [9.17, 15) is 5.02 Å². The zero-order valence-electron chi connectivity index (χ0n) is 9.72. The molecular weight excluding hydrogens is 209 g/mol. The number of hydrogen-bond donors (Lipinski definition) is 3. The second-order valence-corrected chi connectivity index (χ2v) is 4.27. The molecule has 0 atom stereocenters. The lowest BCUT2D eigenvalue weighted by Crippen LogP contribution is -2.39. The van der Waals surface area contributed by atoms with Crippen molar-refractivity contribution < 1.29 is 20.0 Å². The van der Waals surface area contributed by atoms with Gasteiger partial charge in [0.1, 0.15) is 0 Å². The molecule has 0 heterocycles. The predicted molar refractivity (Wildman–Crippen MR) is 61.6 cm³/mol. The molecule has 0 aromatic heterocycles. The summed E-state index contributed by atoms with van der Waals surface area (Å²) in [7, 11) is -0.807. The fourth-order valence-corrected chi connectivity index (χ4v) is 2.10. The van der Waals surface area contributed by atoms with E-state index in [1.165, 1.54) is 11.5 Å². The molecular formula is C10H22BNO4. The first-order valence-corrected chi connectivity index (χ1v) is 6.09. The highest BCUT2D eigenvalue weighted by atomic mass is 16.7. The average molecular weight is 231 g/mol. The lowest BCUT2D eigenvalue weighted by molar-refractivity contribution is -0.0953. The normalized spacial score (nSPS) is 18.0. The van der Waals surface area contributed by atoms with Crippen LogP contribution in [0.5, 0.6) is 0 Å². The van der Waals surface area contributed by atoms with Gasteiger partial charge in [0.2, 0.25) is 0 Å². The van der Waals surface area contributed by atoms with Crippen LogP contribution in [-0.4, -0.2) is 53.7 Å². The number of rotatable bonds is 7. The summed E-state index contributed by atoms with van der Waals surface area (Å²) in [6, 6.07) is 0. The quantitative estimate of drug-likeness (QED) is 0.425. The molecule has 94 valence electrons. The third kappa shape index (κ3) is 4.80. The third-order valence-electron chi connectivity index (χ3n) is 3.01. The maximum Gasteiger partial charge on any atom is 0.475 e. The maximum atomic E-state index is 9.87. The minimum atomic E-state index is -0.807. The highest BCUT2D eigenvalue weighted by molar-refractivity contribution is 6.44. The van der Waals surface area contributed by atoms with Gasteiger partial charge < -0.3 is 20.0 Å². The maximum absolute atomic E-state index is 9.87. The van der Waals surface area contributed by atoms with Crippen molar-refractivity contribution in [3.8, 4) is 0 Å². The Kier molecular flexibility index (Phi) is 6.99. The van der Waals surface area contributed by atoms with Crippen molar-refractivity contribution >= 4 is 7.12 Å². The predicted octanol–water partition coefficient (Wildman–Crippen LogP) is 0.0194. The van der Waals surface area contributed by atoms with E-state index < -0.39 is 7.12 Å². The fourth-order valence-electron chi connectivity index (χ4n) is 2.10. The molecule has 3 N–H and O–H groups in total. The molecule has 0 unspecified atom stereocenters. The molecule has 0 bridgehead atoms. The summed E-state index contributed by atoms with van der Waals surface area (Å²) in [5.74, 6) is 0.189. The van der Waals surface area contributed by atoms with Crippen LogP contribution >= 0.6 is 0 Å². The van der Waals surface area contributed by atoms with Gasteiger partial charge in [0.15, 0.2) is 0 Å². The molecule has 0 saturated heterocycles. The number of hydrogen-bond acceptors (Lipinski definition) is 5. The highest BCUT2D eigenvalue weighted by Gasteiger charge is 2.30. The molecule has 0 aromatic rings. The van der Waals surface area contributed by atoms with Crippen LogP contribution in [0.1, 0.15) is 32.1 Å². The van der Waals surface area contributed by atoms with Gasteiger partial charge in [-0.3, -0.25) is 0 Å². The molecule has 5 nitrogen and oxygen atoms in total. The van der Waals surface area contributed by atoms with Gasteiger partial charge in [-0.05, 0) is 5.82 Å². The fraction of sp³-hybridized carbons (Fsp3) is 1.00. The summed E-state index contributed by atoms with van der Waals surface area (Å²) in [5.41, 5.74) is 0. The van der Waals surface area contributed by atoms with Crippen molar-refractivity contribution in [2.45, 2.75) is 37.9 Å². The Morgan fingerprint density at radius 2 is 1.62 bits per heavy atom. The highest BCUT2D eigenvalue weighted by Crippen LogP contribution is 2.30. The number of hydroxylamine groups is 2.